The lowest BCUT2D eigenvalue weighted by atomic mass is 9.91. The maximum atomic E-state index is 12.5. The first-order valence-corrected chi connectivity index (χ1v) is 9.73. The lowest BCUT2D eigenvalue weighted by molar-refractivity contribution is -0.135. The van der Waals surface area contributed by atoms with Gasteiger partial charge in [0.2, 0.25) is 5.91 Å². The molecule has 0 saturated carbocycles. The van der Waals surface area contributed by atoms with E-state index in [4.69, 9.17) is 11.6 Å². The van der Waals surface area contributed by atoms with Crippen molar-refractivity contribution in [3.8, 4) is 0 Å². The summed E-state index contributed by atoms with van der Waals surface area (Å²) in [5.74, 6) is 0.244. The fraction of sp³-hybridized carbons (Fsp3) is 0.476. The van der Waals surface area contributed by atoms with Gasteiger partial charge >= 0.3 is 0 Å². The van der Waals surface area contributed by atoms with Gasteiger partial charge in [0.15, 0.2) is 0 Å². The zero-order valence-electron chi connectivity index (χ0n) is 16.2. The first-order valence-electron chi connectivity index (χ1n) is 9.36. The third-order valence-electron chi connectivity index (χ3n) is 4.80. The Morgan fingerprint density at radius 2 is 1.63 bits per heavy atom. The molecule has 0 N–H and O–H groups in total. The molecule has 1 aliphatic rings. The minimum atomic E-state index is 0.0153. The normalized spacial score (nSPS) is 17.0. The van der Waals surface area contributed by atoms with Crippen LogP contribution in [0, 0.1) is 5.41 Å². The van der Waals surface area contributed by atoms with Gasteiger partial charge < -0.3 is 4.90 Å². The van der Waals surface area contributed by atoms with E-state index in [0.717, 1.165) is 42.3 Å². The first-order chi connectivity index (χ1) is 12.8. The smallest absolute Gasteiger partial charge is 0.223 e. The van der Waals surface area contributed by atoms with E-state index in [1.54, 1.807) is 6.33 Å². The van der Waals surface area contributed by atoms with E-state index in [1.165, 1.54) is 0 Å². The van der Waals surface area contributed by atoms with Crippen LogP contribution in [0.4, 0.5) is 0 Å². The van der Waals surface area contributed by atoms with Crippen LogP contribution in [0.3, 0.4) is 0 Å². The predicted molar refractivity (Wildman–Crippen MR) is 108 cm³/mol. The molecule has 2 heterocycles. The molecule has 2 aromatic rings. The number of halogens is 1. The highest BCUT2D eigenvalue weighted by atomic mass is 35.5. The van der Waals surface area contributed by atoms with Crippen LogP contribution in [0.5, 0.6) is 0 Å². The summed E-state index contributed by atoms with van der Waals surface area (Å²) < 4.78 is 0. The van der Waals surface area contributed by atoms with E-state index >= 15 is 0 Å². The molecule has 1 aliphatic heterocycles. The van der Waals surface area contributed by atoms with Crippen LogP contribution in [0.1, 0.15) is 44.4 Å². The molecule has 1 fully saturated rings. The molecule has 1 amide bonds. The summed E-state index contributed by atoms with van der Waals surface area (Å²) in [6.45, 7) is 9.43. The van der Waals surface area contributed by atoms with Crippen molar-refractivity contribution in [2.45, 2.75) is 33.2 Å². The van der Waals surface area contributed by atoms with Gasteiger partial charge in [-0.25, -0.2) is 9.97 Å². The van der Waals surface area contributed by atoms with Crippen LogP contribution in [-0.2, 0) is 4.79 Å². The Bertz CT molecular complexity index is 750. The maximum absolute atomic E-state index is 12.5. The zero-order valence-corrected chi connectivity index (χ0v) is 17.0. The van der Waals surface area contributed by atoms with E-state index in [2.05, 4.69) is 47.8 Å². The molecular weight excluding hydrogens is 360 g/mol. The molecule has 1 aromatic carbocycles. The van der Waals surface area contributed by atoms with E-state index in [0.29, 0.717) is 6.42 Å². The fourth-order valence-electron chi connectivity index (χ4n) is 3.51. The monoisotopic (exact) mass is 386 g/mol. The topological polar surface area (TPSA) is 49.3 Å². The minimum absolute atomic E-state index is 0.0153. The van der Waals surface area contributed by atoms with Gasteiger partial charge in [-0.1, -0.05) is 44.5 Å². The molecule has 144 valence electrons. The average Bonchev–Trinajstić information content (AvgIpc) is 2.64. The molecular formula is C21H27ClN4O. The van der Waals surface area contributed by atoms with E-state index in [1.807, 2.05) is 29.4 Å². The van der Waals surface area contributed by atoms with Gasteiger partial charge in [0.25, 0.3) is 0 Å². The standard InChI is InChI=1S/C21H27ClN4O/c1-21(2,3)12-19(27)25-8-10-26(11-9-25)20(17-13-23-15-24-14-17)16-4-6-18(22)7-5-16/h4-7,13-15,20H,8-12H2,1-3H3. The SMILES string of the molecule is CC(C)(C)CC(=O)N1CCN(C(c2ccc(Cl)cc2)c2cncnc2)CC1. The Hall–Kier alpha value is -1.98. The number of nitrogens with zero attached hydrogens (tertiary/aromatic N) is 4. The number of amides is 1. The summed E-state index contributed by atoms with van der Waals surface area (Å²) in [7, 11) is 0. The molecule has 0 spiro atoms. The molecule has 1 atom stereocenters. The van der Waals surface area contributed by atoms with Crippen molar-refractivity contribution in [1.82, 2.24) is 19.8 Å². The van der Waals surface area contributed by atoms with Crippen LogP contribution in [0.15, 0.2) is 43.0 Å². The Balaban J connectivity index is 1.75. The van der Waals surface area contributed by atoms with Gasteiger partial charge in [0.1, 0.15) is 6.33 Å². The largest absolute Gasteiger partial charge is 0.340 e. The van der Waals surface area contributed by atoms with Crippen LogP contribution in [0.2, 0.25) is 5.02 Å². The number of carbonyl (C=O) groups is 1. The van der Waals surface area contributed by atoms with E-state index in [-0.39, 0.29) is 17.4 Å². The van der Waals surface area contributed by atoms with Gasteiger partial charge in [-0.3, -0.25) is 9.69 Å². The quantitative estimate of drug-likeness (QED) is 0.801. The summed E-state index contributed by atoms with van der Waals surface area (Å²) in [6.07, 6.45) is 5.86. The molecule has 3 rings (SSSR count). The molecule has 1 aromatic heterocycles. The van der Waals surface area contributed by atoms with Crippen molar-refractivity contribution >= 4 is 17.5 Å². The van der Waals surface area contributed by atoms with Crippen LogP contribution in [0.25, 0.3) is 0 Å². The molecule has 27 heavy (non-hydrogen) atoms. The van der Waals surface area contributed by atoms with Crippen molar-refractivity contribution in [3.05, 3.63) is 59.1 Å². The molecule has 0 radical (unpaired) electrons. The van der Waals surface area contributed by atoms with E-state index in [9.17, 15) is 4.79 Å². The number of aromatic nitrogens is 2. The first kappa shape index (κ1) is 19.8. The highest BCUT2D eigenvalue weighted by Crippen LogP contribution is 2.30. The second-order valence-corrected chi connectivity index (χ2v) is 8.72. The third kappa shape index (κ3) is 5.27. The second kappa shape index (κ2) is 8.36. The fourth-order valence-corrected chi connectivity index (χ4v) is 3.63. The van der Waals surface area contributed by atoms with Crippen molar-refractivity contribution < 1.29 is 4.79 Å². The van der Waals surface area contributed by atoms with Gasteiger partial charge in [-0.15, -0.1) is 0 Å². The van der Waals surface area contributed by atoms with Gasteiger partial charge in [-0.05, 0) is 23.1 Å². The third-order valence-corrected chi connectivity index (χ3v) is 5.05. The van der Waals surface area contributed by atoms with Gasteiger partial charge in [0.05, 0.1) is 6.04 Å². The summed E-state index contributed by atoms with van der Waals surface area (Å²) >= 11 is 6.07. The van der Waals surface area contributed by atoms with Crippen molar-refractivity contribution in [1.29, 1.82) is 0 Å². The molecule has 5 nitrogen and oxygen atoms in total. The maximum Gasteiger partial charge on any atom is 0.223 e. The molecule has 1 unspecified atom stereocenters. The summed E-state index contributed by atoms with van der Waals surface area (Å²) in [4.78, 5) is 25.3. The minimum Gasteiger partial charge on any atom is -0.340 e. The van der Waals surface area contributed by atoms with Gasteiger partial charge in [0, 0.05) is 55.6 Å². The van der Waals surface area contributed by atoms with Crippen molar-refractivity contribution in [2.24, 2.45) is 5.41 Å². The van der Waals surface area contributed by atoms with Gasteiger partial charge in [-0.2, -0.15) is 0 Å². The Labute approximate surface area is 166 Å². The van der Waals surface area contributed by atoms with Crippen molar-refractivity contribution in [2.75, 3.05) is 26.2 Å². The van der Waals surface area contributed by atoms with Crippen molar-refractivity contribution in [3.63, 3.8) is 0 Å². The number of hydrogen-bond acceptors (Lipinski definition) is 4. The lowest BCUT2D eigenvalue weighted by Gasteiger charge is -2.40. The summed E-state index contributed by atoms with van der Waals surface area (Å²) in [5.41, 5.74) is 2.22. The van der Waals surface area contributed by atoms with Crippen LogP contribution in [-0.4, -0.2) is 51.9 Å². The number of rotatable bonds is 4. The number of piperazine rings is 1. The summed E-state index contributed by atoms with van der Waals surface area (Å²) in [5, 5.41) is 0.722. The van der Waals surface area contributed by atoms with E-state index < -0.39 is 0 Å². The number of carbonyl (C=O) groups excluding carboxylic acids is 1. The number of benzene rings is 1. The molecule has 6 heteroatoms. The highest BCUT2D eigenvalue weighted by Gasteiger charge is 2.29. The Morgan fingerprint density at radius 3 is 2.19 bits per heavy atom. The van der Waals surface area contributed by atoms with Crippen LogP contribution < -0.4 is 0 Å². The Kier molecular flexibility index (Phi) is 6.12. The number of hydrogen-bond donors (Lipinski definition) is 0. The lowest BCUT2D eigenvalue weighted by Crippen LogP contribution is -2.50. The predicted octanol–water partition coefficient (Wildman–Crippen LogP) is 3.80. The molecule has 0 bridgehead atoms. The average molecular weight is 387 g/mol. The highest BCUT2D eigenvalue weighted by molar-refractivity contribution is 6.30. The molecule has 1 saturated heterocycles. The Morgan fingerprint density at radius 1 is 1.04 bits per heavy atom. The van der Waals surface area contributed by atoms with Crippen LogP contribution >= 0.6 is 11.6 Å². The second-order valence-electron chi connectivity index (χ2n) is 8.28. The molecule has 0 aliphatic carbocycles. The summed E-state index contributed by atoms with van der Waals surface area (Å²) in [6, 6.07) is 7.99. The zero-order chi connectivity index (χ0) is 19.4.